The summed E-state index contributed by atoms with van der Waals surface area (Å²) in [7, 11) is 3.41. The number of hydrogen-bond donors (Lipinski definition) is 2. The van der Waals surface area contributed by atoms with E-state index < -0.39 is 12.3 Å². The van der Waals surface area contributed by atoms with Gasteiger partial charge in [-0.25, -0.2) is 18.6 Å². The maximum atomic E-state index is 14.2. The second-order valence-corrected chi connectivity index (χ2v) is 13.2. The highest BCUT2D eigenvalue weighted by Crippen LogP contribution is 2.38. The summed E-state index contributed by atoms with van der Waals surface area (Å²) in [6, 6.07) is 7.39. The number of rotatable bonds is 9. The Labute approximate surface area is 292 Å². The second kappa shape index (κ2) is 13.8. The van der Waals surface area contributed by atoms with Crippen LogP contribution in [0.3, 0.4) is 0 Å². The number of hydrogen-bond acceptors (Lipinski definition) is 12. The van der Waals surface area contributed by atoms with Crippen LogP contribution in [0, 0.1) is 5.92 Å². The Bertz CT molecular complexity index is 2090. The van der Waals surface area contributed by atoms with Crippen molar-refractivity contribution in [2.45, 2.75) is 25.1 Å². The lowest BCUT2D eigenvalue weighted by molar-refractivity contribution is -0.157. The highest BCUT2D eigenvalue weighted by molar-refractivity contribution is 6.05. The van der Waals surface area contributed by atoms with Crippen molar-refractivity contribution in [1.29, 1.82) is 0 Å². The molecule has 0 unspecified atom stereocenters. The number of nitrogens with one attached hydrogen (secondary N) is 2. The number of methoxy groups -OCH3 is 1. The molecule has 0 spiro atoms. The molecule has 266 valence electrons. The molecule has 51 heavy (non-hydrogen) atoms. The lowest BCUT2D eigenvalue weighted by Crippen LogP contribution is -2.42. The molecule has 2 saturated heterocycles. The number of carbonyl (C=O) groups excluding carboxylic acids is 2. The third-order valence-electron chi connectivity index (χ3n) is 9.80. The van der Waals surface area contributed by atoms with Gasteiger partial charge in [-0.3, -0.25) is 19.5 Å². The molecule has 15 nitrogen and oxygen atoms in total. The first-order chi connectivity index (χ1) is 24.9. The van der Waals surface area contributed by atoms with E-state index in [9.17, 15) is 14.0 Å². The predicted molar refractivity (Wildman–Crippen MR) is 185 cm³/mol. The topological polar surface area (TPSA) is 153 Å². The van der Waals surface area contributed by atoms with Gasteiger partial charge in [0.15, 0.2) is 17.5 Å². The number of amides is 1. The van der Waals surface area contributed by atoms with Crippen LogP contribution in [-0.4, -0.2) is 130 Å². The number of halogens is 1. The summed E-state index contributed by atoms with van der Waals surface area (Å²) < 4.78 is 34.8. The van der Waals surface area contributed by atoms with Gasteiger partial charge >= 0.3 is 5.97 Å². The molecular weight excluding hydrogens is 659 g/mol. The number of piperidine rings is 1. The molecule has 1 aromatic carbocycles. The zero-order valence-electron chi connectivity index (χ0n) is 28.4. The number of ether oxygens (including phenoxy) is 3. The number of benzene rings is 1. The molecule has 2 atom stereocenters. The van der Waals surface area contributed by atoms with Crippen LogP contribution >= 0.6 is 0 Å². The van der Waals surface area contributed by atoms with Crippen LogP contribution < -0.4 is 20.1 Å². The largest absolute Gasteiger partial charge is 0.494 e. The monoisotopic (exact) mass is 698 g/mol. The Hall–Kier alpha value is -5.35. The molecule has 0 saturated carbocycles. The average molecular weight is 699 g/mol. The van der Waals surface area contributed by atoms with Crippen molar-refractivity contribution in [3.63, 3.8) is 0 Å². The molecule has 0 aliphatic carbocycles. The van der Waals surface area contributed by atoms with Crippen molar-refractivity contribution in [1.82, 2.24) is 44.5 Å². The number of alkyl halides is 1. The molecule has 0 bridgehead atoms. The molecule has 3 aliphatic rings. The van der Waals surface area contributed by atoms with Gasteiger partial charge in [0.1, 0.15) is 29.9 Å². The predicted octanol–water partition coefficient (Wildman–Crippen LogP) is 2.58. The molecule has 1 amide bonds. The lowest BCUT2D eigenvalue weighted by atomic mass is 9.97. The van der Waals surface area contributed by atoms with Gasteiger partial charge in [-0.2, -0.15) is 10.2 Å². The Morgan fingerprint density at radius 2 is 2.00 bits per heavy atom. The van der Waals surface area contributed by atoms with Gasteiger partial charge in [0, 0.05) is 63.4 Å². The summed E-state index contributed by atoms with van der Waals surface area (Å²) in [5, 5.41) is 16.2. The van der Waals surface area contributed by atoms with Crippen LogP contribution in [0.4, 0.5) is 10.1 Å². The minimum Gasteiger partial charge on any atom is -0.494 e. The van der Waals surface area contributed by atoms with Crippen LogP contribution in [0.15, 0.2) is 49.1 Å². The summed E-state index contributed by atoms with van der Waals surface area (Å²) in [5.41, 5.74) is 4.26. The zero-order valence-corrected chi connectivity index (χ0v) is 28.4. The molecule has 8 rings (SSSR count). The number of aromatic nitrogens is 6. The van der Waals surface area contributed by atoms with Gasteiger partial charge in [0.05, 0.1) is 47.1 Å². The maximum absolute atomic E-state index is 14.2. The van der Waals surface area contributed by atoms with Crippen LogP contribution in [0.2, 0.25) is 0 Å². The van der Waals surface area contributed by atoms with Crippen LogP contribution in [-0.2, 0) is 9.53 Å². The Kier molecular flexibility index (Phi) is 8.85. The SMILES string of the molecule is COc1cc2c(cc1-n1nc(C(=O)NCCN3CCC(C(=O)O[C@H]4CN(C)C[C@@H]4F)CC3)c3cnc(-c4cnn5cccnc45)cc31)OCCN2. The van der Waals surface area contributed by atoms with Gasteiger partial charge in [0.25, 0.3) is 5.91 Å². The van der Waals surface area contributed by atoms with Crippen molar-refractivity contribution in [3.8, 4) is 28.4 Å². The summed E-state index contributed by atoms with van der Waals surface area (Å²) in [6.07, 6.45) is 6.28. The molecule has 0 radical (unpaired) electrons. The number of fused-ring (bicyclic) bond motifs is 3. The fraction of sp³-hybridized carbons (Fsp3) is 0.429. The van der Waals surface area contributed by atoms with E-state index in [1.807, 2.05) is 36.3 Å². The van der Waals surface area contributed by atoms with Gasteiger partial charge in [-0.15, -0.1) is 0 Å². The number of likely N-dealkylation sites (N-methyl/N-ethyl adjacent to an activating group) is 1. The van der Waals surface area contributed by atoms with E-state index in [4.69, 9.17) is 24.3 Å². The number of carbonyl (C=O) groups is 2. The molecule has 16 heteroatoms. The van der Waals surface area contributed by atoms with Crippen LogP contribution in [0.25, 0.3) is 33.5 Å². The van der Waals surface area contributed by atoms with Gasteiger partial charge < -0.3 is 29.7 Å². The molecule has 5 aromatic rings. The normalized spacial score (nSPS) is 19.8. The van der Waals surface area contributed by atoms with E-state index >= 15 is 0 Å². The fourth-order valence-electron chi connectivity index (χ4n) is 7.07. The molecule has 4 aromatic heterocycles. The van der Waals surface area contributed by atoms with Crippen molar-refractivity contribution < 1.29 is 28.2 Å². The minimum absolute atomic E-state index is 0.214. The van der Waals surface area contributed by atoms with E-state index in [-0.39, 0.29) is 30.0 Å². The maximum Gasteiger partial charge on any atom is 0.309 e. The van der Waals surface area contributed by atoms with Crippen molar-refractivity contribution >= 4 is 34.1 Å². The van der Waals surface area contributed by atoms with Crippen molar-refractivity contribution in [2.24, 2.45) is 5.92 Å². The average Bonchev–Trinajstić information content (AvgIpc) is 3.85. The van der Waals surface area contributed by atoms with Crippen LogP contribution in [0.1, 0.15) is 23.3 Å². The summed E-state index contributed by atoms with van der Waals surface area (Å²) in [5.74, 6) is 0.289. The first-order valence-corrected chi connectivity index (χ1v) is 17.2. The van der Waals surface area contributed by atoms with E-state index in [1.165, 1.54) is 0 Å². The van der Waals surface area contributed by atoms with Crippen molar-refractivity contribution in [2.75, 3.05) is 71.9 Å². The van der Waals surface area contributed by atoms with Gasteiger partial charge in [-0.05, 0) is 45.1 Å². The Balaban J connectivity index is 1.01. The number of anilines is 1. The highest BCUT2D eigenvalue weighted by Gasteiger charge is 2.36. The first-order valence-electron chi connectivity index (χ1n) is 17.2. The fourth-order valence-corrected chi connectivity index (χ4v) is 7.07. The number of esters is 1. The standard InChI is InChI=1S/C35H39FN10O5/c1-43-19-24(36)31(20-43)51-35(48)21-4-10-44(11-5-21)12-7-39-34(47)32-23-17-40-25(22-18-41-45-9-3-6-38-33(22)45)14-27(23)46(42-32)28-16-29-26(15-30(28)49-2)37-8-13-50-29/h3,6,9,14-18,21,24,31,37H,4-5,7-8,10-13,19-20H2,1-2H3,(H,39,47)/t24-,31-/m0/s1. The third-order valence-corrected chi connectivity index (χ3v) is 9.80. The van der Waals surface area contributed by atoms with Gasteiger partial charge in [-0.1, -0.05) is 0 Å². The molecule has 2 N–H and O–H groups in total. The Morgan fingerprint density at radius 1 is 1.14 bits per heavy atom. The smallest absolute Gasteiger partial charge is 0.309 e. The number of nitrogens with zero attached hydrogens (tertiary/aromatic N) is 8. The summed E-state index contributed by atoms with van der Waals surface area (Å²) in [4.78, 5) is 39.7. The number of likely N-dealkylation sites (tertiary alicyclic amines) is 2. The van der Waals surface area contributed by atoms with E-state index in [0.717, 1.165) is 11.3 Å². The molecular formula is C35H39FN10O5. The van der Waals surface area contributed by atoms with E-state index in [2.05, 4.69) is 25.6 Å². The minimum atomic E-state index is -1.15. The Morgan fingerprint density at radius 3 is 2.80 bits per heavy atom. The van der Waals surface area contributed by atoms with E-state index in [1.54, 1.807) is 41.0 Å². The van der Waals surface area contributed by atoms with Crippen molar-refractivity contribution in [3.05, 3.63) is 54.7 Å². The first kappa shape index (κ1) is 32.8. The van der Waals surface area contributed by atoms with Crippen LogP contribution in [0.5, 0.6) is 11.5 Å². The summed E-state index contributed by atoms with van der Waals surface area (Å²) >= 11 is 0. The quantitative estimate of drug-likeness (QED) is 0.218. The summed E-state index contributed by atoms with van der Waals surface area (Å²) in [6.45, 7) is 4.22. The molecule has 2 fully saturated rings. The highest BCUT2D eigenvalue weighted by atomic mass is 19.1. The lowest BCUT2D eigenvalue weighted by Gasteiger charge is -2.31. The third kappa shape index (κ3) is 6.40. The zero-order chi connectivity index (χ0) is 35.1. The second-order valence-electron chi connectivity index (χ2n) is 13.2. The number of pyridine rings is 1. The van der Waals surface area contributed by atoms with Gasteiger partial charge in [0.2, 0.25) is 0 Å². The molecule has 7 heterocycles. The van der Waals surface area contributed by atoms with E-state index in [0.29, 0.717) is 98.1 Å². The molecule has 3 aliphatic heterocycles.